The summed E-state index contributed by atoms with van der Waals surface area (Å²) in [6, 6.07) is 8.11. The maximum Gasteiger partial charge on any atom is 0.233 e. The molecule has 0 unspecified atom stereocenters. The SMILES string of the molecule is Cc1ccccc1-n1cnnc1SCC(=O)N1CCC[C@H](C)C1. The average Bonchev–Trinajstić information content (AvgIpc) is 3.01. The first-order valence-electron chi connectivity index (χ1n) is 8.01. The molecular weight excluding hydrogens is 308 g/mol. The van der Waals surface area contributed by atoms with Gasteiger partial charge in [0.2, 0.25) is 5.91 Å². The second kappa shape index (κ2) is 7.17. The van der Waals surface area contributed by atoms with Gasteiger partial charge in [0.15, 0.2) is 5.16 Å². The molecule has 0 bridgehead atoms. The van der Waals surface area contributed by atoms with Crippen LogP contribution in [0.2, 0.25) is 0 Å². The third-order valence-corrected chi connectivity index (χ3v) is 5.15. The highest BCUT2D eigenvalue weighted by Crippen LogP contribution is 2.23. The van der Waals surface area contributed by atoms with Crippen LogP contribution < -0.4 is 0 Å². The Hall–Kier alpha value is -1.82. The van der Waals surface area contributed by atoms with Crippen LogP contribution >= 0.6 is 11.8 Å². The van der Waals surface area contributed by atoms with E-state index in [0.29, 0.717) is 11.7 Å². The van der Waals surface area contributed by atoms with Crippen LogP contribution in [0.3, 0.4) is 0 Å². The largest absolute Gasteiger partial charge is 0.342 e. The van der Waals surface area contributed by atoms with E-state index in [0.717, 1.165) is 35.9 Å². The van der Waals surface area contributed by atoms with E-state index in [1.54, 1.807) is 6.33 Å². The van der Waals surface area contributed by atoms with Gasteiger partial charge in [0, 0.05) is 13.1 Å². The van der Waals surface area contributed by atoms with E-state index in [4.69, 9.17) is 0 Å². The summed E-state index contributed by atoms with van der Waals surface area (Å²) in [5.41, 5.74) is 2.21. The minimum absolute atomic E-state index is 0.195. The summed E-state index contributed by atoms with van der Waals surface area (Å²) in [7, 11) is 0. The van der Waals surface area contributed by atoms with Gasteiger partial charge in [-0.15, -0.1) is 10.2 Å². The molecule has 1 aromatic heterocycles. The third kappa shape index (κ3) is 3.75. The van der Waals surface area contributed by atoms with Gasteiger partial charge < -0.3 is 4.90 Å². The highest BCUT2D eigenvalue weighted by atomic mass is 32.2. The fraction of sp³-hybridized carbons (Fsp3) is 0.471. The lowest BCUT2D eigenvalue weighted by Gasteiger charge is -2.30. The maximum absolute atomic E-state index is 12.4. The minimum Gasteiger partial charge on any atom is -0.342 e. The fourth-order valence-electron chi connectivity index (χ4n) is 2.96. The topological polar surface area (TPSA) is 51.0 Å². The van der Waals surface area contributed by atoms with Crippen LogP contribution in [0.1, 0.15) is 25.3 Å². The Morgan fingerprint density at radius 2 is 2.22 bits per heavy atom. The molecule has 0 saturated carbocycles. The van der Waals surface area contributed by atoms with E-state index < -0.39 is 0 Å². The molecule has 0 N–H and O–H groups in total. The molecule has 1 aliphatic heterocycles. The smallest absolute Gasteiger partial charge is 0.233 e. The average molecular weight is 330 g/mol. The quantitative estimate of drug-likeness (QED) is 0.809. The summed E-state index contributed by atoms with van der Waals surface area (Å²) >= 11 is 1.46. The first-order valence-corrected chi connectivity index (χ1v) is 9.00. The molecule has 2 aromatic rings. The number of piperidine rings is 1. The second-order valence-corrected chi connectivity index (χ2v) is 7.09. The van der Waals surface area contributed by atoms with E-state index in [1.165, 1.54) is 18.2 Å². The molecule has 0 spiro atoms. The van der Waals surface area contributed by atoms with Crippen LogP contribution in [0.5, 0.6) is 0 Å². The third-order valence-electron chi connectivity index (χ3n) is 4.23. The molecule has 1 atom stereocenters. The Morgan fingerprint density at radius 3 is 3.00 bits per heavy atom. The monoisotopic (exact) mass is 330 g/mol. The van der Waals surface area contributed by atoms with Gasteiger partial charge in [0.05, 0.1) is 11.4 Å². The molecule has 6 heteroatoms. The molecule has 2 heterocycles. The molecule has 0 aliphatic carbocycles. The number of amides is 1. The molecule has 1 aliphatic rings. The summed E-state index contributed by atoms with van der Waals surface area (Å²) in [5, 5.41) is 8.94. The molecular formula is C17H22N4OS. The van der Waals surface area contributed by atoms with Gasteiger partial charge in [0.25, 0.3) is 0 Å². The zero-order valence-corrected chi connectivity index (χ0v) is 14.4. The van der Waals surface area contributed by atoms with Gasteiger partial charge in [-0.25, -0.2) is 0 Å². The number of aromatic nitrogens is 3. The Balaban J connectivity index is 1.67. The zero-order chi connectivity index (χ0) is 16.2. The van der Waals surface area contributed by atoms with Crippen molar-refractivity contribution < 1.29 is 4.79 Å². The van der Waals surface area contributed by atoms with Gasteiger partial charge in [-0.3, -0.25) is 9.36 Å². The molecule has 122 valence electrons. The predicted molar refractivity (Wildman–Crippen MR) is 91.8 cm³/mol. The summed E-state index contributed by atoms with van der Waals surface area (Å²) in [6.45, 7) is 6.03. The number of carbonyl (C=O) groups excluding carboxylic acids is 1. The first kappa shape index (κ1) is 16.1. The molecule has 5 nitrogen and oxygen atoms in total. The molecule has 1 aromatic carbocycles. The van der Waals surface area contributed by atoms with Crippen LogP contribution in [-0.4, -0.2) is 44.4 Å². The molecule has 23 heavy (non-hydrogen) atoms. The van der Waals surface area contributed by atoms with E-state index in [-0.39, 0.29) is 5.91 Å². The Bertz CT molecular complexity index is 685. The number of thioether (sulfide) groups is 1. The van der Waals surface area contributed by atoms with E-state index in [2.05, 4.69) is 30.1 Å². The number of hydrogen-bond donors (Lipinski definition) is 0. The Morgan fingerprint density at radius 1 is 1.39 bits per heavy atom. The van der Waals surface area contributed by atoms with E-state index in [1.807, 2.05) is 27.7 Å². The summed E-state index contributed by atoms with van der Waals surface area (Å²) in [6.07, 6.45) is 4.04. The highest BCUT2D eigenvalue weighted by molar-refractivity contribution is 7.99. The van der Waals surface area contributed by atoms with Gasteiger partial charge in [-0.05, 0) is 37.3 Å². The predicted octanol–water partition coefficient (Wildman–Crippen LogP) is 2.93. The lowest BCUT2D eigenvalue weighted by atomic mass is 10.0. The summed E-state index contributed by atoms with van der Waals surface area (Å²) in [4.78, 5) is 14.4. The van der Waals surface area contributed by atoms with Crippen molar-refractivity contribution in [3.8, 4) is 5.69 Å². The van der Waals surface area contributed by atoms with Crippen molar-refractivity contribution in [2.45, 2.75) is 31.8 Å². The van der Waals surface area contributed by atoms with Crippen LogP contribution in [-0.2, 0) is 4.79 Å². The Labute approximate surface area is 141 Å². The van der Waals surface area contributed by atoms with Crippen molar-refractivity contribution in [3.63, 3.8) is 0 Å². The molecule has 1 fully saturated rings. The van der Waals surface area contributed by atoms with Gasteiger partial charge >= 0.3 is 0 Å². The van der Waals surface area contributed by atoms with Gasteiger partial charge in [-0.2, -0.15) is 0 Å². The number of nitrogens with zero attached hydrogens (tertiary/aromatic N) is 4. The minimum atomic E-state index is 0.195. The van der Waals surface area contributed by atoms with Crippen molar-refractivity contribution in [3.05, 3.63) is 36.2 Å². The van der Waals surface area contributed by atoms with Gasteiger partial charge in [0.1, 0.15) is 6.33 Å². The standard InChI is InChI=1S/C17H22N4OS/c1-13-6-5-9-20(10-13)16(22)11-23-17-19-18-12-21(17)15-8-4-3-7-14(15)2/h3-4,7-8,12-13H,5-6,9-11H2,1-2H3/t13-/m0/s1. The lowest BCUT2D eigenvalue weighted by molar-refractivity contribution is -0.130. The maximum atomic E-state index is 12.4. The number of hydrogen-bond acceptors (Lipinski definition) is 4. The number of benzene rings is 1. The van der Waals surface area contributed by atoms with Crippen LogP contribution in [0, 0.1) is 12.8 Å². The van der Waals surface area contributed by atoms with E-state index >= 15 is 0 Å². The summed E-state index contributed by atoms with van der Waals surface area (Å²) in [5.74, 6) is 1.21. The Kier molecular flexibility index (Phi) is 5.00. The molecule has 3 rings (SSSR count). The van der Waals surface area contributed by atoms with Crippen LogP contribution in [0.25, 0.3) is 5.69 Å². The van der Waals surface area contributed by atoms with Crippen LogP contribution in [0.15, 0.2) is 35.7 Å². The molecule has 1 amide bonds. The second-order valence-electron chi connectivity index (χ2n) is 6.15. The van der Waals surface area contributed by atoms with Crippen LogP contribution in [0.4, 0.5) is 0 Å². The zero-order valence-electron chi connectivity index (χ0n) is 13.6. The van der Waals surface area contributed by atoms with Crippen molar-refractivity contribution in [1.29, 1.82) is 0 Å². The van der Waals surface area contributed by atoms with Crippen molar-refractivity contribution in [2.75, 3.05) is 18.8 Å². The lowest BCUT2D eigenvalue weighted by Crippen LogP contribution is -2.40. The number of carbonyl (C=O) groups is 1. The van der Waals surface area contributed by atoms with Crippen molar-refractivity contribution in [1.82, 2.24) is 19.7 Å². The van der Waals surface area contributed by atoms with E-state index in [9.17, 15) is 4.79 Å². The number of likely N-dealkylation sites (tertiary alicyclic amines) is 1. The summed E-state index contributed by atoms with van der Waals surface area (Å²) < 4.78 is 1.95. The fourth-order valence-corrected chi connectivity index (χ4v) is 3.78. The number of aryl methyl sites for hydroxylation is 1. The van der Waals surface area contributed by atoms with Gasteiger partial charge in [-0.1, -0.05) is 36.9 Å². The highest BCUT2D eigenvalue weighted by Gasteiger charge is 2.21. The van der Waals surface area contributed by atoms with Crippen molar-refractivity contribution in [2.24, 2.45) is 5.92 Å². The first-order chi connectivity index (χ1) is 11.1. The molecule has 1 saturated heterocycles. The van der Waals surface area contributed by atoms with Crippen molar-refractivity contribution >= 4 is 17.7 Å². The molecule has 0 radical (unpaired) electrons. The number of rotatable bonds is 4. The normalized spacial score (nSPS) is 18.2. The number of para-hydroxylation sites is 1.